The summed E-state index contributed by atoms with van der Waals surface area (Å²) in [6.07, 6.45) is 0.476. The molecule has 6 nitrogen and oxygen atoms in total. The molecule has 1 unspecified atom stereocenters. The Morgan fingerprint density at radius 3 is 2.59 bits per heavy atom. The van der Waals surface area contributed by atoms with E-state index in [0.29, 0.717) is 29.1 Å². The maximum absolute atomic E-state index is 12.6. The van der Waals surface area contributed by atoms with E-state index in [1.54, 1.807) is 37.3 Å². The average molecular weight is 366 g/mol. The number of amides is 2. The number of hydrogen-bond donors (Lipinski definition) is 1. The third-order valence-electron chi connectivity index (χ3n) is 4.33. The molecule has 0 aliphatic carbocycles. The summed E-state index contributed by atoms with van der Waals surface area (Å²) in [5.74, 6) is -0.145. The first-order valence-electron chi connectivity index (χ1n) is 8.99. The Morgan fingerprint density at radius 1 is 1.15 bits per heavy atom. The maximum Gasteiger partial charge on any atom is 0.268 e. The Balaban J connectivity index is 1.86. The van der Waals surface area contributed by atoms with Crippen LogP contribution in [0.5, 0.6) is 5.75 Å². The molecule has 2 aromatic carbocycles. The van der Waals surface area contributed by atoms with Crippen LogP contribution < -0.4 is 15.0 Å². The zero-order valence-electron chi connectivity index (χ0n) is 15.4. The average Bonchev–Trinajstić information content (AvgIpc) is 2.66. The van der Waals surface area contributed by atoms with E-state index in [9.17, 15) is 14.4 Å². The van der Waals surface area contributed by atoms with Gasteiger partial charge in [-0.2, -0.15) is 0 Å². The van der Waals surface area contributed by atoms with E-state index < -0.39 is 6.10 Å². The third kappa shape index (κ3) is 4.16. The van der Waals surface area contributed by atoms with Gasteiger partial charge >= 0.3 is 0 Å². The molecule has 140 valence electrons. The van der Waals surface area contributed by atoms with Crippen molar-refractivity contribution < 1.29 is 19.1 Å². The van der Waals surface area contributed by atoms with Gasteiger partial charge in [0.2, 0.25) is 5.91 Å². The van der Waals surface area contributed by atoms with Crippen LogP contribution in [0.2, 0.25) is 0 Å². The number of fused-ring (bicyclic) bond motifs is 1. The summed E-state index contributed by atoms with van der Waals surface area (Å²) < 4.78 is 5.63. The molecule has 1 heterocycles. The largest absolute Gasteiger partial charge is 0.479 e. The fourth-order valence-electron chi connectivity index (χ4n) is 2.98. The van der Waals surface area contributed by atoms with Gasteiger partial charge in [0.05, 0.1) is 5.69 Å². The van der Waals surface area contributed by atoms with Crippen molar-refractivity contribution in [2.45, 2.75) is 32.8 Å². The van der Waals surface area contributed by atoms with Gasteiger partial charge in [0.25, 0.3) is 5.91 Å². The van der Waals surface area contributed by atoms with Crippen LogP contribution in [0.3, 0.4) is 0 Å². The summed E-state index contributed by atoms with van der Waals surface area (Å²) >= 11 is 0. The lowest BCUT2D eigenvalue weighted by Gasteiger charge is -2.32. The van der Waals surface area contributed by atoms with E-state index in [2.05, 4.69) is 5.32 Å². The van der Waals surface area contributed by atoms with E-state index in [1.807, 2.05) is 25.1 Å². The highest BCUT2D eigenvalue weighted by Crippen LogP contribution is 2.35. The van der Waals surface area contributed by atoms with Crippen LogP contribution in [0.15, 0.2) is 48.5 Å². The van der Waals surface area contributed by atoms with Crippen molar-refractivity contribution in [1.82, 2.24) is 0 Å². The van der Waals surface area contributed by atoms with Crippen molar-refractivity contribution in [3.8, 4) is 5.75 Å². The predicted molar refractivity (Wildman–Crippen MR) is 103 cm³/mol. The lowest BCUT2D eigenvalue weighted by Crippen LogP contribution is -2.47. The third-order valence-corrected chi connectivity index (χ3v) is 4.33. The van der Waals surface area contributed by atoms with Crippen LogP contribution in [0.4, 0.5) is 11.4 Å². The number of ether oxygens (including phenoxy) is 1. The molecular formula is C21H22N2O4. The molecule has 27 heavy (non-hydrogen) atoms. The van der Waals surface area contributed by atoms with Crippen LogP contribution in [0, 0.1) is 0 Å². The Bertz CT molecular complexity index is 864. The number of benzene rings is 2. The van der Waals surface area contributed by atoms with Crippen LogP contribution in [-0.4, -0.2) is 30.2 Å². The summed E-state index contributed by atoms with van der Waals surface area (Å²) in [4.78, 5) is 38.7. The molecule has 0 aromatic heterocycles. The highest BCUT2D eigenvalue weighted by Gasteiger charge is 2.33. The first kappa shape index (κ1) is 18.6. The van der Waals surface area contributed by atoms with Gasteiger partial charge in [0.15, 0.2) is 11.9 Å². The SMILES string of the molecule is CCCC(=O)c1ccc2c(c1)N(CC(=O)Nc1ccccc1)C(=O)C(C)O2. The molecule has 2 amide bonds. The van der Waals surface area contributed by atoms with Gasteiger partial charge in [-0.05, 0) is 43.7 Å². The molecular weight excluding hydrogens is 344 g/mol. The minimum absolute atomic E-state index is 0.0000537. The van der Waals surface area contributed by atoms with Gasteiger partial charge < -0.3 is 10.1 Å². The fourth-order valence-corrected chi connectivity index (χ4v) is 2.98. The first-order valence-corrected chi connectivity index (χ1v) is 8.99. The number of hydrogen-bond acceptors (Lipinski definition) is 4. The lowest BCUT2D eigenvalue weighted by atomic mass is 10.0. The molecule has 0 radical (unpaired) electrons. The normalized spacial score (nSPS) is 15.7. The van der Waals surface area contributed by atoms with E-state index in [4.69, 9.17) is 4.74 Å². The summed E-state index contributed by atoms with van der Waals surface area (Å²) in [6, 6.07) is 14.1. The number of nitrogens with one attached hydrogen (secondary N) is 1. The maximum atomic E-state index is 12.6. The zero-order chi connectivity index (χ0) is 19.4. The minimum atomic E-state index is -0.695. The summed E-state index contributed by atoms with van der Waals surface area (Å²) in [5.41, 5.74) is 1.61. The van der Waals surface area contributed by atoms with Crippen LogP contribution in [0.1, 0.15) is 37.0 Å². The molecule has 0 saturated heterocycles. The highest BCUT2D eigenvalue weighted by atomic mass is 16.5. The Morgan fingerprint density at radius 2 is 1.89 bits per heavy atom. The van der Waals surface area contributed by atoms with E-state index in [-0.39, 0.29) is 24.1 Å². The number of ketones is 1. The van der Waals surface area contributed by atoms with E-state index in [1.165, 1.54) is 4.90 Å². The highest BCUT2D eigenvalue weighted by molar-refractivity contribution is 6.07. The predicted octanol–water partition coefficient (Wildman–Crippen LogP) is 3.42. The van der Waals surface area contributed by atoms with Crippen molar-refractivity contribution >= 4 is 29.0 Å². The molecule has 0 bridgehead atoms. The summed E-state index contributed by atoms with van der Waals surface area (Å²) in [5, 5.41) is 2.77. The molecule has 1 N–H and O–H groups in total. The first-order chi connectivity index (χ1) is 13.0. The Labute approximate surface area is 158 Å². The Kier molecular flexibility index (Phi) is 5.54. The smallest absolute Gasteiger partial charge is 0.268 e. The van der Waals surface area contributed by atoms with Crippen molar-refractivity contribution in [2.75, 3.05) is 16.8 Å². The number of carbonyl (C=O) groups is 3. The summed E-state index contributed by atoms with van der Waals surface area (Å²) in [7, 11) is 0. The van der Waals surface area contributed by atoms with Gasteiger partial charge in [-0.15, -0.1) is 0 Å². The Hall–Kier alpha value is -3.15. The quantitative estimate of drug-likeness (QED) is 0.795. The van der Waals surface area contributed by atoms with E-state index in [0.717, 1.165) is 6.42 Å². The van der Waals surface area contributed by atoms with Gasteiger partial charge in [0, 0.05) is 17.7 Å². The molecule has 1 aliphatic rings. The zero-order valence-corrected chi connectivity index (χ0v) is 15.4. The van der Waals surface area contributed by atoms with E-state index >= 15 is 0 Å². The second kappa shape index (κ2) is 8.03. The summed E-state index contributed by atoms with van der Waals surface area (Å²) in [6.45, 7) is 3.42. The second-order valence-corrected chi connectivity index (χ2v) is 6.45. The van der Waals surface area contributed by atoms with Crippen molar-refractivity contribution in [2.24, 2.45) is 0 Å². The van der Waals surface area contributed by atoms with Gasteiger partial charge in [-0.1, -0.05) is 25.1 Å². The molecule has 3 rings (SSSR count). The molecule has 0 spiro atoms. The van der Waals surface area contributed by atoms with Gasteiger partial charge in [-0.25, -0.2) is 0 Å². The van der Waals surface area contributed by atoms with Crippen molar-refractivity contribution in [1.29, 1.82) is 0 Å². The molecule has 1 atom stereocenters. The van der Waals surface area contributed by atoms with Crippen LogP contribution >= 0.6 is 0 Å². The molecule has 0 fully saturated rings. The number of rotatable bonds is 6. The van der Waals surface area contributed by atoms with Crippen molar-refractivity contribution in [3.05, 3.63) is 54.1 Å². The topological polar surface area (TPSA) is 75.7 Å². The fraction of sp³-hybridized carbons (Fsp3) is 0.286. The van der Waals surface area contributed by atoms with Gasteiger partial charge in [0.1, 0.15) is 12.3 Å². The second-order valence-electron chi connectivity index (χ2n) is 6.45. The lowest BCUT2D eigenvalue weighted by molar-refractivity contribution is -0.127. The standard InChI is InChI=1S/C21H22N2O4/c1-3-7-18(24)15-10-11-19-17(12-15)23(21(26)14(2)27-19)13-20(25)22-16-8-5-4-6-9-16/h4-6,8-12,14H,3,7,13H2,1-2H3,(H,22,25). The van der Waals surface area contributed by atoms with Crippen molar-refractivity contribution in [3.63, 3.8) is 0 Å². The minimum Gasteiger partial charge on any atom is -0.479 e. The number of anilines is 2. The van der Waals surface area contributed by atoms with Crippen LogP contribution in [-0.2, 0) is 9.59 Å². The molecule has 6 heteroatoms. The van der Waals surface area contributed by atoms with Gasteiger partial charge in [-0.3, -0.25) is 19.3 Å². The number of Topliss-reactive ketones (excluding diaryl/α,β-unsaturated/α-hetero) is 1. The molecule has 2 aromatic rings. The van der Waals surface area contributed by atoms with Crippen LogP contribution in [0.25, 0.3) is 0 Å². The molecule has 0 saturated carbocycles. The number of para-hydroxylation sites is 1. The number of carbonyl (C=O) groups excluding carboxylic acids is 3. The molecule has 1 aliphatic heterocycles. The number of nitrogens with zero attached hydrogens (tertiary/aromatic N) is 1. The monoisotopic (exact) mass is 366 g/mol.